The lowest BCUT2D eigenvalue weighted by molar-refractivity contribution is -0.144. The summed E-state index contributed by atoms with van der Waals surface area (Å²) in [7, 11) is 0. The Labute approximate surface area is 198 Å². The molecule has 2 aliphatic heterocycles. The summed E-state index contributed by atoms with van der Waals surface area (Å²) in [5.41, 5.74) is -1.34. The zero-order valence-electron chi connectivity index (χ0n) is 19.2. The van der Waals surface area contributed by atoms with Crippen LogP contribution in [-0.2, 0) is 19.8 Å². The fraction of sp³-hybridized carbons (Fsp3) is 0.462. The van der Waals surface area contributed by atoms with Crippen LogP contribution in [0.4, 0.5) is 10.2 Å². The smallest absolute Gasteiger partial charge is 0.241 e. The predicted octanol–water partition coefficient (Wildman–Crippen LogP) is 2.90. The molecule has 2 aromatic rings. The summed E-state index contributed by atoms with van der Waals surface area (Å²) in [6.45, 7) is 2.21. The first-order valence-corrected chi connectivity index (χ1v) is 12.0. The number of likely N-dealkylation sites (tertiary alicyclic amines) is 1. The molecule has 1 atom stereocenters. The third-order valence-corrected chi connectivity index (χ3v) is 7.49. The van der Waals surface area contributed by atoms with Gasteiger partial charge in [0.15, 0.2) is 0 Å². The number of nitrogens with zero attached hydrogens (tertiary/aromatic N) is 4. The van der Waals surface area contributed by atoms with Crippen molar-refractivity contribution in [1.29, 1.82) is 0 Å². The van der Waals surface area contributed by atoms with Gasteiger partial charge in [-0.25, -0.2) is 9.37 Å². The molecule has 3 heterocycles. The second kappa shape index (κ2) is 9.16. The second-order valence-electron chi connectivity index (χ2n) is 9.48. The minimum absolute atomic E-state index is 0.148. The maximum Gasteiger partial charge on any atom is 0.241 e. The summed E-state index contributed by atoms with van der Waals surface area (Å²) in [4.78, 5) is 49.9. The van der Waals surface area contributed by atoms with E-state index in [2.05, 4.69) is 9.88 Å². The molecule has 34 heavy (non-hydrogen) atoms. The maximum absolute atomic E-state index is 15.0. The summed E-state index contributed by atoms with van der Waals surface area (Å²) < 4.78 is 15.0. The van der Waals surface area contributed by atoms with E-state index in [-0.39, 0.29) is 36.3 Å². The van der Waals surface area contributed by atoms with Gasteiger partial charge in [0.25, 0.3) is 0 Å². The van der Waals surface area contributed by atoms with Crippen LogP contribution in [0.2, 0.25) is 0 Å². The van der Waals surface area contributed by atoms with E-state index in [4.69, 9.17) is 0 Å². The Kier molecular flexibility index (Phi) is 6.06. The Balaban J connectivity index is 1.38. The van der Waals surface area contributed by atoms with E-state index in [1.54, 1.807) is 29.3 Å². The Hall–Kier alpha value is -3.29. The van der Waals surface area contributed by atoms with Crippen LogP contribution in [0.25, 0.3) is 0 Å². The molecule has 1 aromatic heterocycles. The van der Waals surface area contributed by atoms with Gasteiger partial charge in [-0.2, -0.15) is 0 Å². The molecule has 0 radical (unpaired) electrons. The summed E-state index contributed by atoms with van der Waals surface area (Å²) in [6, 6.07) is 11.6. The second-order valence-corrected chi connectivity index (χ2v) is 9.48. The topological polar surface area (TPSA) is 73.8 Å². The first-order chi connectivity index (χ1) is 16.5. The summed E-state index contributed by atoms with van der Waals surface area (Å²) >= 11 is 0. The number of pyridine rings is 1. The molecule has 3 amide bonds. The molecule has 1 saturated carbocycles. The number of halogens is 1. The van der Waals surface area contributed by atoms with Crippen molar-refractivity contribution in [2.45, 2.75) is 50.0 Å². The molecule has 2 saturated heterocycles. The van der Waals surface area contributed by atoms with Crippen LogP contribution in [0.1, 0.15) is 44.1 Å². The van der Waals surface area contributed by atoms with Crippen molar-refractivity contribution < 1.29 is 18.8 Å². The van der Waals surface area contributed by atoms with Crippen LogP contribution in [0.5, 0.6) is 0 Å². The molecule has 3 aliphatic rings. The molecular formula is C26H29FN4O3. The molecule has 1 aliphatic carbocycles. The normalized spacial score (nSPS) is 23.7. The Morgan fingerprint density at radius 1 is 1.00 bits per heavy atom. The highest BCUT2D eigenvalue weighted by Gasteiger charge is 2.56. The zero-order chi connectivity index (χ0) is 23.7. The van der Waals surface area contributed by atoms with E-state index >= 15 is 4.39 Å². The van der Waals surface area contributed by atoms with Crippen molar-refractivity contribution in [2.75, 3.05) is 31.1 Å². The Morgan fingerprint density at radius 2 is 1.71 bits per heavy atom. The number of rotatable bonds is 5. The highest BCUT2D eigenvalue weighted by Crippen LogP contribution is 2.44. The molecule has 8 heteroatoms. The monoisotopic (exact) mass is 464 g/mol. The quantitative estimate of drug-likeness (QED) is 0.637. The van der Waals surface area contributed by atoms with E-state index in [1.807, 2.05) is 18.2 Å². The van der Waals surface area contributed by atoms with Gasteiger partial charge in [0.05, 0.1) is 5.41 Å². The van der Waals surface area contributed by atoms with E-state index in [0.29, 0.717) is 26.2 Å². The first kappa shape index (κ1) is 22.5. The van der Waals surface area contributed by atoms with Gasteiger partial charge in [-0.1, -0.05) is 37.1 Å². The lowest BCUT2D eigenvalue weighted by Crippen LogP contribution is -2.51. The number of anilines is 1. The average Bonchev–Trinajstić information content (AvgIpc) is 3.46. The zero-order valence-corrected chi connectivity index (χ0v) is 19.2. The molecule has 3 fully saturated rings. The van der Waals surface area contributed by atoms with Crippen molar-refractivity contribution >= 4 is 23.5 Å². The standard InChI is InChI=1S/C26H29FN4O3/c27-21-10-4-3-9-20(21)26(18-24(33)31(25(26)34)19-7-1-2-8-19)17-23(32)30-15-13-29(14-16-30)22-11-5-6-12-28-22/h3-6,9-12,19H,1-2,7-8,13-18H2/t26-/m1/s1. The predicted molar refractivity (Wildman–Crippen MR) is 124 cm³/mol. The lowest BCUT2D eigenvalue weighted by atomic mass is 9.75. The highest BCUT2D eigenvalue weighted by molar-refractivity contribution is 6.11. The number of carbonyl (C=O) groups is 3. The third kappa shape index (κ3) is 3.95. The molecule has 178 valence electrons. The van der Waals surface area contributed by atoms with Crippen molar-refractivity contribution in [1.82, 2.24) is 14.8 Å². The van der Waals surface area contributed by atoms with Gasteiger partial charge >= 0.3 is 0 Å². The van der Waals surface area contributed by atoms with Gasteiger partial charge in [0, 0.05) is 56.8 Å². The van der Waals surface area contributed by atoms with Gasteiger partial charge < -0.3 is 9.80 Å². The lowest BCUT2D eigenvalue weighted by Gasteiger charge is -2.37. The number of amides is 3. The SMILES string of the molecule is O=C(C[C@]1(c2ccccc2F)CC(=O)N(C2CCCC2)C1=O)N1CCN(c2ccccn2)CC1. The number of carbonyl (C=O) groups excluding carboxylic acids is 3. The Bertz CT molecular complexity index is 1080. The molecule has 0 bridgehead atoms. The molecular weight excluding hydrogens is 435 g/mol. The van der Waals surface area contributed by atoms with Crippen molar-refractivity contribution in [3.63, 3.8) is 0 Å². The van der Waals surface area contributed by atoms with Crippen LogP contribution in [-0.4, -0.2) is 64.7 Å². The highest BCUT2D eigenvalue weighted by atomic mass is 19.1. The van der Waals surface area contributed by atoms with E-state index in [9.17, 15) is 14.4 Å². The van der Waals surface area contributed by atoms with Gasteiger partial charge in [0.2, 0.25) is 17.7 Å². The van der Waals surface area contributed by atoms with Crippen molar-refractivity contribution in [3.05, 3.63) is 60.0 Å². The molecule has 0 unspecified atom stereocenters. The molecule has 5 rings (SSSR count). The van der Waals surface area contributed by atoms with Crippen molar-refractivity contribution in [2.24, 2.45) is 0 Å². The van der Waals surface area contributed by atoms with Crippen LogP contribution < -0.4 is 4.90 Å². The number of benzene rings is 1. The van der Waals surface area contributed by atoms with Gasteiger partial charge in [0.1, 0.15) is 11.6 Å². The first-order valence-electron chi connectivity index (χ1n) is 12.0. The van der Waals surface area contributed by atoms with E-state index in [1.165, 1.54) is 11.0 Å². The van der Waals surface area contributed by atoms with Gasteiger partial charge in [-0.3, -0.25) is 19.3 Å². The fourth-order valence-corrected chi connectivity index (χ4v) is 5.68. The summed E-state index contributed by atoms with van der Waals surface area (Å²) in [6.07, 6.45) is 4.85. The molecule has 1 aromatic carbocycles. The van der Waals surface area contributed by atoms with E-state index in [0.717, 1.165) is 31.5 Å². The average molecular weight is 465 g/mol. The fourth-order valence-electron chi connectivity index (χ4n) is 5.68. The summed E-state index contributed by atoms with van der Waals surface area (Å²) in [5.74, 6) is -0.632. The minimum Gasteiger partial charge on any atom is -0.353 e. The summed E-state index contributed by atoms with van der Waals surface area (Å²) in [5, 5.41) is 0. The minimum atomic E-state index is -1.49. The number of hydrogen-bond donors (Lipinski definition) is 0. The van der Waals surface area contributed by atoms with Crippen LogP contribution in [0.15, 0.2) is 48.7 Å². The van der Waals surface area contributed by atoms with Crippen LogP contribution in [0, 0.1) is 5.82 Å². The molecule has 7 nitrogen and oxygen atoms in total. The number of piperazine rings is 1. The number of hydrogen-bond acceptors (Lipinski definition) is 5. The third-order valence-electron chi connectivity index (χ3n) is 7.49. The van der Waals surface area contributed by atoms with E-state index < -0.39 is 17.1 Å². The van der Waals surface area contributed by atoms with Gasteiger partial charge in [-0.05, 0) is 31.0 Å². The molecule has 0 spiro atoms. The number of aromatic nitrogens is 1. The van der Waals surface area contributed by atoms with Gasteiger partial charge in [-0.15, -0.1) is 0 Å². The maximum atomic E-state index is 15.0. The molecule has 0 N–H and O–H groups in total. The van der Waals surface area contributed by atoms with Crippen LogP contribution >= 0.6 is 0 Å². The van der Waals surface area contributed by atoms with Crippen LogP contribution in [0.3, 0.4) is 0 Å². The van der Waals surface area contributed by atoms with Crippen molar-refractivity contribution in [3.8, 4) is 0 Å². The Morgan fingerprint density at radius 3 is 2.38 bits per heavy atom. The number of imide groups is 1. The largest absolute Gasteiger partial charge is 0.353 e.